The van der Waals surface area contributed by atoms with Crippen molar-refractivity contribution in [2.75, 3.05) is 7.05 Å². The van der Waals surface area contributed by atoms with Gasteiger partial charge in [-0.2, -0.15) is 0 Å². The van der Waals surface area contributed by atoms with Crippen molar-refractivity contribution < 1.29 is 4.79 Å². The molecule has 6 heteroatoms. The van der Waals surface area contributed by atoms with Crippen LogP contribution in [0.1, 0.15) is 54.4 Å². The van der Waals surface area contributed by atoms with Gasteiger partial charge < -0.3 is 4.90 Å². The van der Waals surface area contributed by atoms with Crippen molar-refractivity contribution in [3.05, 3.63) is 29.0 Å². The maximum absolute atomic E-state index is 12.9. The van der Waals surface area contributed by atoms with Crippen molar-refractivity contribution in [2.24, 2.45) is 5.92 Å². The van der Waals surface area contributed by atoms with E-state index in [4.69, 9.17) is 0 Å². The quantitative estimate of drug-likeness (QED) is 0.842. The van der Waals surface area contributed by atoms with Crippen LogP contribution < -0.4 is 0 Å². The standard InChI is InChI=1S/C18H24N4OS/c1-4-13-6-8-14(9-7-13)22(3)18(23)15-12(2)21-17(24-15)16-19-10-5-11-20-16/h5,10-11,13-14H,4,6-9H2,1-3H3. The monoisotopic (exact) mass is 344 g/mol. The summed E-state index contributed by atoms with van der Waals surface area (Å²) in [6, 6.07) is 2.12. The van der Waals surface area contributed by atoms with E-state index in [0.29, 0.717) is 21.8 Å². The minimum Gasteiger partial charge on any atom is -0.338 e. The Morgan fingerprint density at radius 1 is 1.25 bits per heavy atom. The summed E-state index contributed by atoms with van der Waals surface area (Å²) < 4.78 is 0. The molecule has 128 valence electrons. The molecule has 0 aliphatic heterocycles. The summed E-state index contributed by atoms with van der Waals surface area (Å²) in [5.41, 5.74) is 0.765. The van der Waals surface area contributed by atoms with Crippen molar-refractivity contribution in [3.63, 3.8) is 0 Å². The minimum absolute atomic E-state index is 0.0760. The number of hydrogen-bond acceptors (Lipinski definition) is 5. The van der Waals surface area contributed by atoms with Gasteiger partial charge in [-0.15, -0.1) is 11.3 Å². The molecule has 1 aliphatic carbocycles. The van der Waals surface area contributed by atoms with E-state index in [1.54, 1.807) is 18.5 Å². The highest BCUT2D eigenvalue weighted by Crippen LogP contribution is 2.31. The zero-order valence-electron chi connectivity index (χ0n) is 14.5. The molecule has 3 rings (SSSR count). The Labute approximate surface area is 147 Å². The number of thiazole rings is 1. The molecule has 2 aromatic heterocycles. The topological polar surface area (TPSA) is 59.0 Å². The summed E-state index contributed by atoms with van der Waals surface area (Å²) in [6.45, 7) is 4.14. The van der Waals surface area contributed by atoms with Crippen LogP contribution in [-0.4, -0.2) is 38.8 Å². The van der Waals surface area contributed by atoms with Crippen LogP contribution in [0.2, 0.25) is 0 Å². The Bertz CT molecular complexity index is 692. The largest absolute Gasteiger partial charge is 0.338 e. The van der Waals surface area contributed by atoms with Crippen molar-refractivity contribution in [3.8, 4) is 10.8 Å². The third kappa shape index (κ3) is 3.48. The van der Waals surface area contributed by atoms with Crippen LogP contribution in [0.5, 0.6) is 0 Å². The van der Waals surface area contributed by atoms with Gasteiger partial charge in [0.2, 0.25) is 0 Å². The van der Waals surface area contributed by atoms with Gasteiger partial charge in [0.15, 0.2) is 10.8 Å². The van der Waals surface area contributed by atoms with Crippen LogP contribution in [-0.2, 0) is 0 Å². The van der Waals surface area contributed by atoms with Gasteiger partial charge in [0.1, 0.15) is 4.88 Å². The number of aromatic nitrogens is 3. The second-order valence-corrected chi connectivity index (χ2v) is 7.50. The van der Waals surface area contributed by atoms with Gasteiger partial charge in [0.05, 0.1) is 5.69 Å². The normalized spacial score (nSPS) is 20.8. The van der Waals surface area contributed by atoms with E-state index >= 15 is 0 Å². The van der Waals surface area contributed by atoms with E-state index in [1.165, 1.54) is 30.6 Å². The third-order valence-electron chi connectivity index (χ3n) is 5.01. The van der Waals surface area contributed by atoms with E-state index in [-0.39, 0.29) is 5.91 Å². The van der Waals surface area contributed by atoms with Crippen LogP contribution >= 0.6 is 11.3 Å². The maximum atomic E-state index is 12.9. The Morgan fingerprint density at radius 3 is 2.54 bits per heavy atom. The lowest BCUT2D eigenvalue weighted by Crippen LogP contribution is -2.39. The summed E-state index contributed by atoms with van der Waals surface area (Å²) >= 11 is 1.39. The lowest BCUT2D eigenvalue weighted by Gasteiger charge is -2.34. The molecule has 1 amide bonds. The maximum Gasteiger partial charge on any atom is 0.265 e. The summed E-state index contributed by atoms with van der Waals surface area (Å²) in [5, 5.41) is 0.708. The fraction of sp³-hybridized carbons (Fsp3) is 0.556. The molecule has 0 saturated heterocycles. The summed E-state index contributed by atoms with van der Waals surface area (Å²) in [5.74, 6) is 1.49. The molecule has 0 unspecified atom stereocenters. The van der Waals surface area contributed by atoms with Gasteiger partial charge in [-0.05, 0) is 44.6 Å². The molecule has 1 aliphatic rings. The first-order valence-electron chi connectivity index (χ1n) is 8.62. The van der Waals surface area contributed by atoms with Crippen molar-refractivity contribution in [1.82, 2.24) is 19.9 Å². The molecule has 1 saturated carbocycles. The smallest absolute Gasteiger partial charge is 0.265 e. The van der Waals surface area contributed by atoms with Crippen molar-refractivity contribution in [2.45, 2.75) is 52.0 Å². The zero-order chi connectivity index (χ0) is 17.1. The summed E-state index contributed by atoms with van der Waals surface area (Å²) in [6.07, 6.45) is 9.30. The molecular weight excluding hydrogens is 320 g/mol. The average molecular weight is 344 g/mol. The number of hydrogen-bond donors (Lipinski definition) is 0. The molecule has 24 heavy (non-hydrogen) atoms. The minimum atomic E-state index is 0.0760. The predicted octanol–water partition coefficient (Wildman–Crippen LogP) is 3.95. The van der Waals surface area contributed by atoms with E-state index < -0.39 is 0 Å². The average Bonchev–Trinajstić information content (AvgIpc) is 3.03. The summed E-state index contributed by atoms with van der Waals surface area (Å²) in [4.78, 5) is 28.5. The van der Waals surface area contributed by atoms with E-state index in [0.717, 1.165) is 24.5 Å². The fourth-order valence-corrected chi connectivity index (χ4v) is 4.36. The fourth-order valence-electron chi connectivity index (χ4n) is 3.37. The summed E-state index contributed by atoms with van der Waals surface area (Å²) in [7, 11) is 1.93. The SMILES string of the molecule is CCC1CCC(N(C)C(=O)c2sc(-c3ncccn3)nc2C)CC1. The molecule has 0 radical (unpaired) electrons. The number of nitrogens with zero attached hydrogens (tertiary/aromatic N) is 4. The van der Waals surface area contributed by atoms with Crippen LogP contribution in [0, 0.1) is 12.8 Å². The van der Waals surface area contributed by atoms with E-state index in [9.17, 15) is 4.79 Å². The highest BCUT2D eigenvalue weighted by Gasteiger charge is 2.28. The number of amides is 1. The van der Waals surface area contributed by atoms with E-state index in [1.807, 2.05) is 18.9 Å². The van der Waals surface area contributed by atoms with Gasteiger partial charge in [0, 0.05) is 25.5 Å². The molecular formula is C18H24N4OS. The van der Waals surface area contributed by atoms with Gasteiger partial charge in [-0.1, -0.05) is 13.3 Å². The molecule has 0 bridgehead atoms. The number of carbonyl (C=O) groups is 1. The molecule has 0 N–H and O–H groups in total. The first-order valence-corrected chi connectivity index (χ1v) is 9.43. The zero-order valence-corrected chi connectivity index (χ0v) is 15.3. The number of carbonyl (C=O) groups excluding carboxylic acids is 1. The molecule has 0 spiro atoms. The Hall–Kier alpha value is -1.82. The first kappa shape index (κ1) is 17.0. The molecule has 2 aromatic rings. The van der Waals surface area contributed by atoms with Gasteiger partial charge in [-0.3, -0.25) is 4.79 Å². The van der Waals surface area contributed by atoms with Crippen LogP contribution in [0.25, 0.3) is 10.8 Å². The van der Waals surface area contributed by atoms with Crippen LogP contribution in [0.15, 0.2) is 18.5 Å². The second-order valence-electron chi connectivity index (χ2n) is 6.50. The predicted molar refractivity (Wildman–Crippen MR) is 96.0 cm³/mol. The molecule has 2 heterocycles. The molecule has 5 nitrogen and oxygen atoms in total. The Kier molecular flexibility index (Phi) is 5.23. The van der Waals surface area contributed by atoms with Gasteiger partial charge in [0.25, 0.3) is 5.91 Å². The highest BCUT2D eigenvalue weighted by atomic mass is 32.1. The molecule has 0 aromatic carbocycles. The molecule has 0 atom stereocenters. The van der Waals surface area contributed by atoms with Crippen molar-refractivity contribution in [1.29, 1.82) is 0 Å². The van der Waals surface area contributed by atoms with Crippen LogP contribution in [0.3, 0.4) is 0 Å². The van der Waals surface area contributed by atoms with Gasteiger partial charge >= 0.3 is 0 Å². The molecule has 1 fully saturated rings. The lowest BCUT2D eigenvalue weighted by atomic mass is 9.84. The first-order chi connectivity index (χ1) is 11.6. The van der Waals surface area contributed by atoms with E-state index in [2.05, 4.69) is 21.9 Å². The lowest BCUT2D eigenvalue weighted by molar-refractivity contribution is 0.0678. The number of aryl methyl sites for hydroxylation is 1. The number of rotatable bonds is 4. The van der Waals surface area contributed by atoms with Crippen molar-refractivity contribution >= 4 is 17.2 Å². The van der Waals surface area contributed by atoms with Gasteiger partial charge in [-0.25, -0.2) is 15.0 Å². The Balaban J connectivity index is 1.74. The Morgan fingerprint density at radius 2 is 1.92 bits per heavy atom. The van der Waals surface area contributed by atoms with Crippen LogP contribution in [0.4, 0.5) is 0 Å². The highest BCUT2D eigenvalue weighted by molar-refractivity contribution is 7.17. The second kappa shape index (κ2) is 7.38. The third-order valence-corrected chi connectivity index (χ3v) is 6.15.